The van der Waals surface area contributed by atoms with Crippen LogP contribution in [0.2, 0.25) is 0 Å². The van der Waals surface area contributed by atoms with Gasteiger partial charge in [-0.25, -0.2) is 9.18 Å². The number of methoxy groups -OCH3 is 1. The summed E-state index contributed by atoms with van der Waals surface area (Å²) in [6, 6.07) is 8.38. The first kappa shape index (κ1) is 15.3. The summed E-state index contributed by atoms with van der Waals surface area (Å²) in [5.74, 6) is -0.231. The summed E-state index contributed by atoms with van der Waals surface area (Å²) in [5.41, 5.74) is 0.710. The third-order valence-electron chi connectivity index (χ3n) is 2.98. The first-order valence-corrected chi connectivity index (χ1v) is 7.32. The molecule has 0 fully saturated rings. The molecular weight excluding hydrogens is 291 g/mol. The van der Waals surface area contributed by atoms with E-state index in [0.29, 0.717) is 18.7 Å². The van der Waals surface area contributed by atoms with Crippen LogP contribution in [0.3, 0.4) is 0 Å². The number of hydrogen-bond donors (Lipinski definition) is 1. The summed E-state index contributed by atoms with van der Waals surface area (Å²) in [5, 5.41) is 4.78. The molecule has 2 aromatic rings. The van der Waals surface area contributed by atoms with Gasteiger partial charge in [0.1, 0.15) is 0 Å². The zero-order valence-corrected chi connectivity index (χ0v) is 12.7. The quantitative estimate of drug-likeness (QED) is 0.921. The number of ether oxygens (including phenoxy) is 1. The Bertz CT molecular complexity index is 602. The lowest BCUT2D eigenvalue weighted by molar-refractivity contribution is 0.206. The summed E-state index contributed by atoms with van der Waals surface area (Å²) in [6.07, 6.45) is 0. The number of hydrogen-bond acceptors (Lipinski definition) is 3. The largest absolute Gasteiger partial charge is 0.494 e. The number of carbonyl (C=O) groups is 1. The molecule has 1 heterocycles. The van der Waals surface area contributed by atoms with Crippen LogP contribution >= 0.6 is 11.3 Å². The zero-order valence-electron chi connectivity index (χ0n) is 11.9. The lowest BCUT2D eigenvalue weighted by atomic mass is 10.2. The highest BCUT2D eigenvalue weighted by molar-refractivity contribution is 7.09. The number of thiophene rings is 1. The van der Waals surface area contributed by atoms with E-state index in [1.54, 1.807) is 30.5 Å². The van der Waals surface area contributed by atoms with E-state index in [1.807, 2.05) is 17.5 Å². The number of amides is 2. The number of benzene rings is 1. The molecule has 2 rings (SSSR count). The number of halogens is 1. The predicted molar refractivity (Wildman–Crippen MR) is 81.0 cm³/mol. The van der Waals surface area contributed by atoms with Crippen LogP contribution in [-0.4, -0.2) is 25.1 Å². The third-order valence-corrected chi connectivity index (χ3v) is 3.85. The van der Waals surface area contributed by atoms with Crippen molar-refractivity contribution in [3.8, 4) is 5.75 Å². The van der Waals surface area contributed by atoms with Gasteiger partial charge < -0.3 is 15.0 Å². The Labute approximate surface area is 127 Å². The minimum absolute atomic E-state index is 0.195. The molecule has 1 aromatic carbocycles. The van der Waals surface area contributed by atoms with Crippen molar-refractivity contribution in [1.29, 1.82) is 0 Å². The summed E-state index contributed by atoms with van der Waals surface area (Å²) >= 11 is 1.59. The Morgan fingerprint density at radius 3 is 2.86 bits per heavy atom. The van der Waals surface area contributed by atoms with Gasteiger partial charge in [0.25, 0.3) is 0 Å². The highest BCUT2D eigenvalue weighted by atomic mass is 32.1. The summed E-state index contributed by atoms with van der Waals surface area (Å²) in [7, 11) is 3.09. The Kier molecular flexibility index (Phi) is 5.16. The fourth-order valence-corrected chi connectivity index (χ4v) is 2.51. The van der Waals surface area contributed by atoms with Gasteiger partial charge in [0.15, 0.2) is 11.6 Å². The molecule has 1 aromatic heterocycles. The fourth-order valence-electron chi connectivity index (χ4n) is 1.86. The maximum Gasteiger partial charge on any atom is 0.317 e. The molecule has 6 heteroatoms. The van der Waals surface area contributed by atoms with E-state index in [1.165, 1.54) is 18.1 Å². The summed E-state index contributed by atoms with van der Waals surface area (Å²) in [4.78, 5) is 14.6. The van der Waals surface area contributed by atoms with Gasteiger partial charge in [0.05, 0.1) is 13.7 Å². The van der Waals surface area contributed by atoms with Gasteiger partial charge in [0, 0.05) is 18.5 Å². The monoisotopic (exact) mass is 308 g/mol. The van der Waals surface area contributed by atoms with E-state index < -0.39 is 5.82 Å². The number of rotatable bonds is 5. The van der Waals surface area contributed by atoms with Crippen LogP contribution in [-0.2, 0) is 13.1 Å². The molecule has 0 aliphatic rings. The maximum absolute atomic E-state index is 13.6. The maximum atomic E-state index is 13.6. The molecule has 0 saturated carbocycles. The Morgan fingerprint density at radius 2 is 2.24 bits per heavy atom. The SMILES string of the molecule is COc1ccc(CN(C)C(=O)NCc2cccs2)cc1F. The van der Waals surface area contributed by atoms with Gasteiger partial charge in [-0.2, -0.15) is 0 Å². The molecule has 1 N–H and O–H groups in total. The van der Waals surface area contributed by atoms with E-state index in [2.05, 4.69) is 5.32 Å². The van der Waals surface area contributed by atoms with Crippen molar-refractivity contribution in [3.05, 3.63) is 52.0 Å². The minimum atomic E-state index is -0.428. The molecule has 21 heavy (non-hydrogen) atoms. The third kappa shape index (κ3) is 4.19. The molecule has 0 bridgehead atoms. The topological polar surface area (TPSA) is 41.6 Å². The zero-order chi connectivity index (χ0) is 15.2. The van der Waals surface area contributed by atoms with Crippen molar-refractivity contribution in [2.24, 2.45) is 0 Å². The Hall–Kier alpha value is -2.08. The van der Waals surface area contributed by atoms with Crippen LogP contribution in [0.4, 0.5) is 9.18 Å². The van der Waals surface area contributed by atoms with E-state index in [4.69, 9.17) is 4.74 Å². The molecule has 0 unspecified atom stereocenters. The molecule has 0 spiro atoms. The molecule has 2 amide bonds. The highest BCUT2D eigenvalue weighted by Gasteiger charge is 2.10. The second-order valence-corrected chi connectivity index (χ2v) is 5.60. The van der Waals surface area contributed by atoms with Crippen LogP contribution in [0.5, 0.6) is 5.75 Å². The van der Waals surface area contributed by atoms with E-state index >= 15 is 0 Å². The number of carbonyl (C=O) groups excluding carboxylic acids is 1. The molecule has 112 valence electrons. The number of urea groups is 1. The van der Waals surface area contributed by atoms with Crippen LogP contribution in [0, 0.1) is 5.82 Å². The minimum Gasteiger partial charge on any atom is -0.494 e. The van der Waals surface area contributed by atoms with Gasteiger partial charge in [0.2, 0.25) is 0 Å². The van der Waals surface area contributed by atoms with E-state index in [0.717, 1.165) is 4.88 Å². The molecule has 4 nitrogen and oxygen atoms in total. The van der Waals surface area contributed by atoms with Crippen molar-refractivity contribution in [1.82, 2.24) is 10.2 Å². The van der Waals surface area contributed by atoms with Crippen LogP contribution in [0.1, 0.15) is 10.4 Å². The van der Waals surface area contributed by atoms with Gasteiger partial charge in [-0.05, 0) is 29.1 Å². The molecule has 0 radical (unpaired) electrons. The molecule has 0 atom stereocenters. The molecule has 0 aliphatic carbocycles. The van der Waals surface area contributed by atoms with Gasteiger partial charge in [-0.1, -0.05) is 12.1 Å². The Morgan fingerprint density at radius 1 is 1.43 bits per heavy atom. The number of nitrogens with zero attached hydrogens (tertiary/aromatic N) is 1. The van der Waals surface area contributed by atoms with E-state index in [-0.39, 0.29) is 11.8 Å². The second-order valence-electron chi connectivity index (χ2n) is 4.56. The van der Waals surface area contributed by atoms with Crippen molar-refractivity contribution in [2.75, 3.05) is 14.2 Å². The van der Waals surface area contributed by atoms with Gasteiger partial charge in [-0.3, -0.25) is 0 Å². The fraction of sp³-hybridized carbons (Fsp3) is 0.267. The average Bonchev–Trinajstić information content (AvgIpc) is 2.98. The molecule has 0 saturated heterocycles. The lowest BCUT2D eigenvalue weighted by Gasteiger charge is -2.18. The number of nitrogens with one attached hydrogen (secondary N) is 1. The highest BCUT2D eigenvalue weighted by Crippen LogP contribution is 2.18. The van der Waals surface area contributed by atoms with E-state index in [9.17, 15) is 9.18 Å². The average molecular weight is 308 g/mol. The summed E-state index contributed by atoms with van der Waals surface area (Å²) in [6.45, 7) is 0.828. The second kappa shape index (κ2) is 7.08. The smallest absolute Gasteiger partial charge is 0.317 e. The summed E-state index contributed by atoms with van der Waals surface area (Å²) < 4.78 is 18.5. The van der Waals surface area contributed by atoms with Crippen molar-refractivity contribution >= 4 is 17.4 Å². The Balaban J connectivity index is 1.89. The van der Waals surface area contributed by atoms with Crippen molar-refractivity contribution in [3.63, 3.8) is 0 Å². The van der Waals surface area contributed by atoms with Crippen molar-refractivity contribution < 1.29 is 13.9 Å². The molecular formula is C15H17FN2O2S. The van der Waals surface area contributed by atoms with Crippen molar-refractivity contribution in [2.45, 2.75) is 13.1 Å². The van der Waals surface area contributed by atoms with Crippen LogP contribution in [0.15, 0.2) is 35.7 Å². The molecule has 0 aliphatic heterocycles. The lowest BCUT2D eigenvalue weighted by Crippen LogP contribution is -2.36. The first-order valence-electron chi connectivity index (χ1n) is 6.44. The van der Waals surface area contributed by atoms with Crippen LogP contribution in [0.25, 0.3) is 0 Å². The predicted octanol–water partition coefficient (Wildman–Crippen LogP) is 3.24. The van der Waals surface area contributed by atoms with Gasteiger partial charge in [-0.15, -0.1) is 11.3 Å². The standard InChI is InChI=1S/C15H17FN2O2S/c1-18(15(19)17-9-12-4-3-7-21-12)10-11-5-6-14(20-2)13(16)8-11/h3-8H,9-10H2,1-2H3,(H,17,19). The van der Waals surface area contributed by atoms with Crippen LogP contribution < -0.4 is 10.1 Å². The van der Waals surface area contributed by atoms with Gasteiger partial charge >= 0.3 is 6.03 Å². The normalized spacial score (nSPS) is 10.2. The first-order chi connectivity index (χ1) is 10.1.